The van der Waals surface area contributed by atoms with Crippen LogP contribution in [0.1, 0.15) is 46.5 Å². The van der Waals surface area contributed by atoms with E-state index in [2.05, 4.69) is 5.32 Å². The number of carboxylic acid groups (broad SMARTS) is 1. The molecular formula is C13H24N2O3. The molecule has 0 aromatic heterocycles. The van der Waals surface area contributed by atoms with E-state index in [0.29, 0.717) is 0 Å². The van der Waals surface area contributed by atoms with Gasteiger partial charge in [0.25, 0.3) is 0 Å². The van der Waals surface area contributed by atoms with Crippen molar-refractivity contribution in [2.45, 2.75) is 58.0 Å². The Bertz CT molecular complexity index is 304. The summed E-state index contributed by atoms with van der Waals surface area (Å²) in [4.78, 5) is 24.8. The lowest BCUT2D eigenvalue weighted by Crippen LogP contribution is -2.55. The summed E-state index contributed by atoms with van der Waals surface area (Å²) >= 11 is 0. The lowest BCUT2D eigenvalue weighted by molar-refractivity contribution is -0.142. The Labute approximate surface area is 109 Å². The Kier molecular flexibility index (Phi) is 5.14. The summed E-state index contributed by atoms with van der Waals surface area (Å²) in [5.74, 6) is -0.836. The molecule has 1 fully saturated rings. The lowest BCUT2D eigenvalue weighted by Gasteiger charge is -2.39. The molecule has 0 saturated carbocycles. The number of piperidine rings is 1. The number of carboxylic acids is 1. The van der Waals surface area contributed by atoms with Crippen molar-refractivity contribution in [3.63, 3.8) is 0 Å². The normalized spacial score (nSPS) is 20.5. The second-order valence-corrected chi connectivity index (χ2v) is 5.81. The topological polar surface area (TPSA) is 69.6 Å². The molecule has 18 heavy (non-hydrogen) atoms. The van der Waals surface area contributed by atoms with E-state index in [4.69, 9.17) is 5.11 Å². The maximum absolute atomic E-state index is 12.4. The van der Waals surface area contributed by atoms with Crippen LogP contribution in [0.25, 0.3) is 0 Å². The van der Waals surface area contributed by atoms with Crippen LogP contribution in [0, 0.1) is 0 Å². The molecule has 5 nitrogen and oxygen atoms in total. The molecule has 1 rings (SSSR count). The molecule has 0 unspecified atom stereocenters. The van der Waals surface area contributed by atoms with Crippen molar-refractivity contribution in [2.24, 2.45) is 0 Å². The van der Waals surface area contributed by atoms with Crippen molar-refractivity contribution in [1.29, 1.82) is 0 Å². The molecule has 1 saturated heterocycles. The molecule has 2 N–H and O–H groups in total. The summed E-state index contributed by atoms with van der Waals surface area (Å²) in [5, 5.41) is 12.0. The zero-order valence-electron chi connectivity index (χ0n) is 11.5. The fourth-order valence-electron chi connectivity index (χ4n) is 2.23. The maximum Gasteiger partial charge on any atom is 0.305 e. The molecule has 5 heteroatoms. The highest BCUT2D eigenvalue weighted by atomic mass is 16.4. The van der Waals surface area contributed by atoms with Crippen LogP contribution in [0.5, 0.6) is 0 Å². The van der Waals surface area contributed by atoms with E-state index in [1.54, 1.807) is 4.90 Å². The Morgan fingerprint density at radius 2 is 2.00 bits per heavy atom. The molecule has 0 aromatic carbocycles. The fraction of sp³-hybridized carbons (Fsp3) is 0.846. The average molecular weight is 256 g/mol. The number of aliphatic carboxylic acids is 1. The zero-order chi connectivity index (χ0) is 13.8. The molecule has 1 heterocycles. The van der Waals surface area contributed by atoms with Gasteiger partial charge in [-0.2, -0.15) is 0 Å². The van der Waals surface area contributed by atoms with Crippen LogP contribution >= 0.6 is 0 Å². The van der Waals surface area contributed by atoms with E-state index in [-0.39, 0.29) is 30.5 Å². The summed E-state index contributed by atoms with van der Waals surface area (Å²) in [6.45, 7) is 6.96. The number of rotatable bonds is 4. The number of carbonyl (C=O) groups is 2. The Morgan fingerprint density at radius 1 is 1.33 bits per heavy atom. The van der Waals surface area contributed by atoms with Gasteiger partial charge in [-0.3, -0.25) is 9.59 Å². The minimum absolute atomic E-state index is 0.00424. The Hall–Kier alpha value is -1.10. The number of hydrogen-bond acceptors (Lipinski definition) is 3. The second-order valence-electron chi connectivity index (χ2n) is 5.81. The van der Waals surface area contributed by atoms with E-state index >= 15 is 0 Å². The minimum atomic E-state index is -0.867. The third-order valence-corrected chi connectivity index (χ3v) is 3.23. The SMILES string of the molecule is CC(C)(C)N(CCC(=O)O)C(=O)[C@@H]1CCCCN1. The first kappa shape index (κ1) is 15.0. The zero-order valence-corrected chi connectivity index (χ0v) is 11.5. The van der Waals surface area contributed by atoms with Crippen LogP contribution in [0.4, 0.5) is 0 Å². The van der Waals surface area contributed by atoms with Gasteiger partial charge < -0.3 is 15.3 Å². The first-order chi connectivity index (χ1) is 8.32. The summed E-state index contributed by atoms with van der Waals surface area (Å²) in [7, 11) is 0. The van der Waals surface area contributed by atoms with Gasteiger partial charge in [-0.25, -0.2) is 0 Å². The second kappa shape index (κ2) is 6.18. The molecule has 0 bridgehead atoms. The van der Waals surface area contributed by atoms with Crippen molar-refractivity contribution < 1.29 is 14.7 Å². The van der Waals surface area contributed by atoms with Crippen LogP contribution in [0.3, 0.4) is 0 Å². The molecule has 1 atom stereocenters. The smallest absolute Gasteiger partial charge is 0.305 e. The van der Waals surface area contributed by atoms with Gasteiger partial charge >= 0.3 is 5.97 Å². The quantitative estimate of drug-likeness (QED) is 0.793. The van der Waals surface area contributed by atoms with Crippen LogP contribution in [-0.4, -0.2) is 46.6 Å². The van der Waals surface area contributed by atoms with Crippen LogP contribution < -0.4 is 5.32 Å². The summed E-state index contributed by atoms with van der Waals surface area (Å²) < 4.78 is 0. The van der Waals surface area contributed by atoms with Gasteiger partial charge in [-0.15, -0.1) is 0 Å². The highest BCUT2D eigenvalue weighted by molar-refractivity contribution is 5.83. The van der Waals surface area contributed by atoms with E-state index in [9.17, 15) is 9.59 Å². The van der Waals surface area contributed by atoms with Gasteiger partial charge in [-0.1, -0.05) is 6.42 Å². The van der Waals surface area contributed by atoms with Crippen LogP contribution in [-0.2, 0) is 9.59 Å². The standard InChI is InChI=1S/C13H24N2O3/c1-13(2,3)15(9-7-11(16)17)12(18)10-6-4-5-8-14-10/h10,14H,4-9H2,1-3H3,(H,16,17)/t10-/m0/s1. The summed E-state index contributed by atoms with van der Waals surface area (Å²) in [5.41, 5.74) is -0.342. The number of carbonyl (C=O) groups excluding carboxylic acids is 1. The molecule has 0 aromatic rings. The molecule has 1 aliphatic heterocycles. The van der Waals surface area contributed by atoms with E-state index in [0.717, 1.165) is 25.8 Å². The van der Waals surface area contributed by atoms with Gasteiger partial charge in [0.05, 0.1) is 12.5 Å². The predicted octanol–water partition coefficient (Wildman–Crippen LogP) is 1.23. The minimum Gasteiger partial charge on any atom is -0.481 e. The molecular weight excluding hydrogens is 232 g/mol. The summed E-state index contributed by atoms with van der Waals surface area (Å²) in [6, 6.07) is -0.147. The maximum atomic E-state index is 12.4. The van der Waals surface area contributed by atoms with Crippen molar-refractivity contribution >= 4 is 11.9 Å². The first-order valence-corrected chi connectivity index (χ1v) is 6.59. The molecule has 0 spiro atoms. The van der Waals surface area contributed by atoms with Crippen LogP contribution in [0.15, 0.2) is 0 Å². The van der Waals surface area contributed by atoms with Crippen molar-refractivity contribution in [3.8, 4) is 0 Å². The van der Waals surface area contributed by atoms with E-state index in [1.807, 2.05) is 20.8 Å². The fourth-order valence-corrected chi connectivity index (χ4v) is 2.23. The lowest BCUT2D eigenvalue weighted by atomic mass is 9.99. The van der Waals surface area contributed by atoms with Gasteiger partial charge in [0, 0.05) is 12.1 Å². The summed E-state index contributed by atoms with van der Waals surface area (Å²) in [6.07, 6.45) is 3.00. The van der Waals surface area contributed by atoms with Gasteiger partial charge in [-0.05, 0) is 40.2 Å². The van der Waals surface area contributed by atoms with Crippen molar-refractivity contribution in [1.82, 2.24) is 10.2 Å². The Balaban J connectivity index is 2.68. The molecule has 104 valence electrons. The monoisotopic (exact) mass is 256 g/mol. The van der Waals surface area contributed by atoms with Gasteiger partial charge in [0.2, 0.25) is 5.91 Å². The molecule has 0 aliphatic carbocycles. The average Bonchev–Trinajstić information content (AvgIpc) is 2.28. The molecule has 0 radical (unpaired) electrons. The molecule has 1 aliphatic rings. The molecule has 1 amide bonds. The Morgan fingerprint density at radius 3 is 2.44 bits per heavy atom. The third-order valence-electron chi connectivity index (χ3n) is 3.23. The number of amides is 1. The third kappa shape index (κ3) is 4.29. The van der Waals surface area contributed by atoms with Crippen molar-refractivity contribution in [3.05, 3.63) is 0 Å². The van der Waals surface area contributed by atoms with E-state index in [1.165, 1.54) is 0 Å². The first-order valence-electron chi connectivity index (χ1n) is 6.59. The number of nitrogens with one attached hydrogen (secondary N) is 1. The number of nitrogens with zero attached hydrogens (tertiary/aromatic N) is 1. The predicted molar refractivity (Wildman–Crippen MR) is 69.4 cm³/mol. The highest BCUT2D eigenvalue weighted by Gasteiger charge is 2.32. The van der Waals surface area contributed by atoms with Crippen molar-refractivity contribution in [2.75, 3.05) is 13.1 Å². The highest BCUT2D eigenvalue weighted by Crippen LogP contribution is 2.18. The van der Waals surface area contributed by atoms with Gasteiger partial charge in [0.15, 0.2) is 0 Å². The van der Waals surface area contributed by atoms with Crippen LogP contribution in [0.2, 0.25) is 0 Å². The number of hydrogen-bond donors (Lipinski definition) is 2. The van der Waals surface area contributed by atoms with Gasteiger partial charge in [0.1, 0.15) is 0 Å². The largest absolute Gasteiger partial charge is 0.481 e. The van der Waals surface area contributed by atoms with E-state index < -0.39 is 5.97 Å².